The van der Waals surface area contributed by atoms with E-state index < -0.39 is 5.97 Å². The molecule has 10 heteroatoms. The van der Waals surface area contributed by atoms with Gasteiger partial charge in [0.15, 0.2) is 0 Å². The monoisotopic (exact) mass is 351 g/mol. The molecule has 1 amide bonds. The quantitative estimate of drug-likeness (QED) is 0.682. The van der Waals surface area contributed by atoms with Crippen LogP contribution < -0.4 is 10.8 Å². The van der Waals surface area contributed by atoms with Crippen LogP contribution in [-0.4, -0.2) is 63.2 Å². The zero-order valence-electron chi connectivity index (χ0n) is 12.7. The van der Waals surface area contributed by atoms with Crippen molar-refractivity contribution in [2.24, 2.45) is 5.90 Å². The van der Waals surface area contributed by atoms with Crippen LogP contribution in [0.15, 0.2) is 30.6 Å². The van der Waals surface area contributed by atoms with Crippen molar-refractivity contribution in [1.82, 2.24) is 14.9 Å². The molecule has 128 valence electrons. The third kappa shape index (κ3) is 4.04. The van der Waals surface area contributed by atoms with Crippen LogP contribution in [0.25, 0.3) is 0 Å². The summed E-state index contributed by atoms with van der Waals surface area (Å²) in [6.07, 6.45) is 3.39. The number of rotatable bonds is 3. The van der Waals surface area contributed by atoms with Gasteiger partial charge in [0, 0.05) is 38.6 Å². The molecule has 24 heavy (non-hydrogen) atoms. The maximum Gasteiger partial charge on any atom is 0.345 e. The molecule has 0 spiro atoms. The highest BCUT2D eigenvalue weighted by Gasteiger charge is 2.24. The Morgan fingerprint density at radius 1 is 1.04 bits per heavy atom. The van der Waals surface area contributed by atoms with Crippen molar-refractivity contribution in [3.05, 3.63) is 40.3 Å². The van der Waals surface area contributed by atoms with Gasteiger partial charge in [-0.05, 0) is 18.2 Å². The predicted octanol–water partition coefficient (Wildman–Crippen LogP) is 0.533. The second kappa shape index (κ2) is 8.34. The zero-order valence-corrected chi connectivity index (χ0v) is 13.5. The molecule has 2 aromatic rings. The second-order valence-electron chi connectivity index (χ2n) is 4.80. The summed E-state index contributed by atoms with van der Waals surface area (Å²) < 4.78 is 0. The standard InChI is InChI=1S/C14H14N4O3S.H3NO/c19-12(10-2-3-11(22-10)13(20)21)17-6-8-18(9-7-17)14-15-4-1-5-16-14;1-2/h1-5H,6-9H2,(H,20,21);2H,1H2. The summed E-state index contributed by atoms with van der Waals surface area (Å²) >= 11 is 1.01. The number of nitrogens with two attached hydrogens (primary N) is 1. The van der Waals surface area contributed by atoms with Crippen LogP contribution in [0.1, 0.15) is 19.3 Å². The summed E-state index contributed by atoms with van der Waals surface area (Å²) in [5, 5.41) is 15.4. The number of carbonyl (C=O) groups is 2. The van der Waals surface area contributed by atoms with Crippen molar-refractivity contribution < 1.29 is 19.9 Å². The van der Waals surface area contributed by atoms with E-state index in [1.165, 1.54) is 6.07 Å². The molecule has 0 aliphatic carbocycles. The first-order chi connectivity index (χ1) is 11.6. The zero-order chi connectivity index (χ0) is 17.5. The number of carboxylic acids is 1. The normalized spacial score (nSPS) is 13.9. The molecule has 2 aromatic heterocycles. The third-order valence-corrected chi connectivity index (χ3v) is 4.49. The number of thiophene rings is 1. The Morgan fingerprint density at radius 3 is 2.17 bits per heavy atom. The molecule has 1 aliphatic heterocycles. The minimum atomic E-state index is -1.00. The van der Waals surface area contributed by atoms with Crippen LogP contribution in [0.3, 0.4) is 0 Å². The maximum atomic E-state index is 12.4. The third-order valence-electron chi connectivity index (χ3n) is 3.43. The molecule has 3 rings (SSSR count). The van der Waals surface area contributed by atoms with Crippen LogP contribution in [0, 0.1) is 0 Å². The highest BCUT2D eigenvalue weighted by molar-refractivity contribution is 7.15. The molecule has 1 fully saturated rings. The van der Waals surface area contributed by atoms with Crippen LogP contribution in [0.2, 0.25) is 0 Å². The van der Waals surface area contributed by atoms with Crippen LogP contribution in [0.4, 0.5) is 5.95 Å². The van der Waals surface area contributed by atoms with Gasteiger partial charge >= 0.3 is 5.97 Å². The Balaban J connectivity index is 0.00000100. The molecule has 9 nitrogen and oxygen atoms in total. The lowest BCUT2D eigenvalue weighted by atomic mass is 10.3. The highest BCUT2D eigenvalue weighted by Crippen LogP contribution is 2.19. The van der Waals surface area contributed by atoms with Gasteiger partial charge in [0.25, 0.3) is 5.91 Å². The van der Waals surface area contributed by atoms with Gasteiger partial charge in [-0.25, -0.2) is 20.7 Å². The molecule has 0 atom stereocenters. The van der Waals surface area contributed by atoms with E-state index in [0.29, 0.717) is 37.0 Å². The van der Waals surface area contributed by atoms with E-state index in [-0.39, 0.29) is 10.8 Å². The predicted molar refractivity (Wildman–Crippen MR) is 87.4 cm³/mol. The Bertz CT molecular complexity index is 685. The van der Waals surface area contributed by atoms with Crippen molar-refractivity contribution in [1.29, 1.82) is 0 Å². The van der Waals surface area contributed by atoms with E-state index in [0.717, 1.165) is 11.3 Å². The van der Waals surface area contributed by atoms with Gasteiger partial charge in [0.1, 0.15) is 4.88 Å². The molecule has 0 aromatic carbocycles. The van der Waals surface area contributed by atoms with Gasteiger partial charge in [-0.15, -0.1) is 11.3 Å². The summed E-state index contributed by atoms with van der Waals surface area (Å²) in [4.78, 5) is 36.1. The Hall–Kier alpha value is -2.56. The first-order valence-corrected chi connectivity index (χ1v) is 7.87. The molecule has 0 unspecified atom stereocenters. The first kappa shape index (κ1) is 17.8. The van der Waals surface area contributed by atoms with Gasteiger partial charge in [0.2, 0.25) is 5.95 Å². The summed E-state index contributed by atoms with van der Waals surface area (Å²) in [7, 11) is 0. The summed E-state index contributed by atoms with van der Waals surface area (Å²) in [5.74, 6) is 3.04. The Morgan fingerprint density at radius 2 is 1.62 bits per heavy atom. The molecule has 4 N–H and O–H groups in total. The first-order valence-electron chi connectivity index (χ1n) is 7.05. The van der Waals surface area contributed by atoms with E-state index in [1.807, 2.05) is 4.90 Å². The second-order valence-corrected chi connectivity index (χ2v) is 5.88. The number of aromatic nitrogens is 2. The van der Waals surface area contributed by atoms with E-state index in [4.69, 9.17) is 10.3 Å². The number of anilines is 1. The number of hydrogen-bond acceptors (Lipinski definition) is 8. The van der Waals surface area contributed by atoms with Crippen molar-refractivity contribution in [2.45, 2.75) is 0 Å². The fraction of sp³-hybridized carbons (Fsp3) is 0.286. The smallest absolute Gasteiger partial charge is 0.345 e. The van der Waals surface area contributed by atoms with E-state index >= 15 is 0 Å². The Labute approximate surface area is 141 Å². The van der Waals surface area contributed by atoms with Gasteiger partial charge in [0.05, 0.1) is 4.88 Å². The SMILES string of the molecule is NO.O=C(O)c1ccc(C(=O)N2CCN(c3ncccn3)CC2)s1. The number of aromatic carboxylic acids is 1. The van der Waals surface area contributed by atoms with Gasteiger partial charge in [-0.1, -0.05) is 0 Å². The van der Waals surface area contributed by atoms with Crippen molar-refractivity contribution in [3.8, 4) is 0 Å². The molecule has 0 bridgehead atoms. The topological polar surface area (TPSA) is 133 Å². The van der Waals surface area contributed by atoms with E-state index in [1.54, 1.807) is 29.4 Å². The fourth-order valence-corrected chi connectivity index (χ4v) is 3.10. The van der Waals surface area contributed by atoms with Gasteiger partial charge in [-0.3, -0.25) is 4.79 Å². The van der Waals surface area contributed by atoms with Crippen LogP contribution in [0.5, 0.6) is 0 Å². The minimum absolute atomic E-state index is 0.119. The molecule has 1 aliphatic rings. The van der Waals surface area contributed by atoms with Crippen molar-refractivity contribution in [2.75, 3.05) is 31.1 Å². The average molecular weight is 351 g/mol. The summed E-state index contributed by atoms with van der Waals surface area (Å²) in [5.41, 5.74) is 0. The number of carboxylic acid groups (broad SMARTS) is 1. The van der Waals surface area contributed by atoms with Gasteiger partial charge in [-0.2, -0.15) is 0 Å². The van der Waals surface area contributed by atoms with Crippen molar-refractivity contribution >= 4 is 29.2 Å². The number of nitrogens with zero attached hydrogens (tertiary/aromatic N) is 4. The lowest BCUT2D eigenvalue weighted by Gasteiger charge is -2.34. The van der Waals surface area contributed by atoms with Crippen LogP contribution in [-0.2, 0) is 0 Å². The highest BCUT2D eigenvalue weighted by atomic mass is 32.1. The van der Waals surface area contributed by atoms with E-state index in [9.17, 15) is 9.59 Å². The number of piperazine rings is 1. The lowest BCUT2D eigenvalue weighted by molar-refractivity contribution is 0.0701. The van der Waals surface area contributed by atoms with Crippen molar-refractivity contribution in [3.63, 3.8) is 0 Å². The molecule has 3 heterocycles. The molecule has 0 radical (unpaired) electrons. The molecule has 1 saturated heterocycles. The van der Waals surface area contributed by atoms with Crippen LogP contribution >= 0.6 is 11.3 Å². The Kier molecular flexibility index (Phi) is 6.18. The summed E-state index contributed by atoms with van der Waals surface area (Å²) in [6.45, 7) is 2.45. The number of amides is 1. The lowest BCUT2D eigenvalue weighted by Crippen LogP contribution is -2.49. The van der Waals surface area contributed by atoms with E-state index in [2.05, 4.69) is 15.9 Å². The number of carbonyl (C=O) groups excluding carboxylic acids is 1. The molecule has 0 saturated carbocycles. The molecular formula is C14H17N5O4S. The fourth-order valence-electron chi connectivity index (χ4n) is 2.29. The van der Waals surface area contributed by atoms with Gasteiger partial charge < -0.3 is 20.1 Å². The maximum absolute atomic E-state index is 12.4. The largest absolute Gasteiger partial charge is 0.477 e. The molecular weight excluding hydrogens is 334 g/mol. The average Bonchev–Trinajstić information content (AvgIpc) is 3.14. The number of hydrogen-bond donors (Lipinski definition) is 3. The minimum Gasteiger partial charge on any atom is -0.477 e. The summed E-state index contributed by atoms with van der Waals surface area (Å²) in [6, 6.07) is 4.80.